The molecule has 0 spiro atoms. The van der Waals surface area contributed by atoms with Crippen LogP contribution in [0.2, 0.25) is 0 Å². The standard InChI is InChI=1S/C19H24/c1-6-19(17-9-7-13(2)15(4)11-17)18-10-8-14(3)16(5)12-18/h7-12,19H,6H2,1-5H3. The fourth-order valence-electron chi connectivity index (χ4n) is 2.63. The number of aryl methyl sites for hydroxylation is 4. The van der Waals surface area contributed by atoms with Crippen molar-refractivity contribution in [3.63, 3.8) is 0 Å². The van der Waals surface area contributed by atoms with Gasteiger partial charge in [-0.25, -0.2) is 0 Å². The second kappa shape index (κ2) is 5.61. The Morgan fingerprint density at radius 2 is 1.11 bits per heavy atom. The Bertz CT molecular complexity index is 527. The summed E-state index contributed by atoms with van der Waals surface area (Å²) < 4.78 is 0. The molecule has 2 aromatic carbocycles. The Hall–Kier alpha value is -1.56. The zero-order valence-electron chi connectivity index (χ0n) is 12.7. The highest BCUT2D eigenvalue weighted by atomic mass is 14.2. The fraction of sp³-hybridized carbons (Fsp3) is 0.368. The maximum absolute atomic E-state index is 2.35. The maximum atomic E-state index is 2.35. The molecule has 19 heavy (non-hydrogen) atoms. The van der Waals surface area contributed by atoms with E-state index in [1.165, 1.54) is 33.4 Å². The quantitative estimate of drug-likeness (QED) is 0.680. The summed E-state index contributed by atoms with van der Waals surface area (Å²) in [6, 6.07) is 13.7. The predicted molar refractivity (Wildman–Crippen MR) is 84.0 cm³/mol. The van der Waals surface area contributed by atoms with Crippen LogP contribution >= 0.6 is 0 Å². The molecule has 0 amide bonds. The van der Waals surface area contributed by atoms with Crippen LogP contribution in [-0.4, -0.2) is 0 Å². The van der Waals surface area contributed by atoms with Crippen LogP contribution < -0.4 is 0 Å². The largest absolute Gasteiger partial charge is 0.0645 e. The number of hydrogen-bond acceptors (Lipinski definition) is 0. The Morgan fingerprint density at radius 3 is 1.42 bits per heavy atom. The molecule has 0 aliphatic carbocycles. The molecule has 0 aliphatic heterocycles. The van der Waals surface area contributed by atoms with Crippen molar-refractivity contribution in [1.82, 2.24) is 0 Å². The van der Waals surface area contributed by atoms with E-state index in [9.17, 15) is 0 Å². The van der Waals surface area contributed by atoms with Crippen LogP contribution in [0.15, 0.2) is 36.4 Å². The van der Waals surface area contributed by atoms with Gasteiger partial charge in [0.25, 0.3) is 0 Å². The van der Waals surface area contributed by atoms with Gasteiger partial charge >= 0.3 is 0 Å². The molecule has 100 valence electrons. The highest BCUT2D eigenvalue weighted by molar-refractivity contribution is 5.40. The fourth-order valence-corrected chi connectivity index (χ4v) is 2.63. The molecular weight excluding hydrogens is 228 g/mol. The molecule has 0 bridgehead atoms. The van der Waals surface area contributed by atoms with Crippen LogP contribution in [0.25, 0.3) is 0 Å². The van der Waals surface area contributed by atoms with Crippen molar-refractivity contribution >= 4 is 0 Å². The average molecular weight is 252 g/mol. The minimum absolute atomic E-state index is 0.513. The van der Waals surface area contributed by atoms with Gasteiger partial charge in [-0.3, -0.25) is 0 Å². The molecule has 0 heteroatoms. The zero-order chi connectivity index (χ0) is 14.0. The molecule has 0 saturated heterocycles. The first-order chi connectivity index (χ1) is 9.02. The summed E-state index contributed by atoms with van der Waals surface area (Å²) in [5, 5.41) is 0. The van der Waals surface area contributed by atoms with Gasteiger partial charge < -0.3 is 0 Å². The minimum atomic E-state index is 0.513. The summed E-state index contributed by atoms with van der Waals surface area (Å²) in [6.45, 7) is 11.0. The molecule has 0 radical (unpaired) electrons. The van der Waals surface area contributed by atoms with Crippen LogP contribution in [-0.2, 0) is 0 Å². The van der Waals surface area contributed by atoms with Crippen LogP contribution in [0.1, 0.15) is 52.6 Å². The van der Waals surface area contributed by atoms with Crippen LogP contribution in [0.3, 0.4) is 0 Å². The molecule has 2 aromatic rings. The molecule has 2 rings (SSSR count). The molecule has 0 unspecified atom stereocenters. The summed E-state index contributed by atoms with van der Waals surface area (Å²) in [4.78, 5) is 0. The molecule has 0 aliphatic rings. The third-order valence-corrected chi connectivity index (χ3v) is 4.27. The lowest BCUT2D eigenvalue weighted by molar-refractivity contribution is 0.774. The van der Waals surface area contributed by atoms with Gasteiger partial charge in [-0.05, 0) is 67.5 Å². The summed E-state index contributed by atoms with van der Waals surface area (Å²) in [5.74, 6) is 0.513. The van der Waals surface area contributed by atoms with Gasteiger partial charge in [0.15, 0.2) is 0 Å². The van der Waals surface area contributed by atoms with Gasteiger partial charge in [0.05, 0.1) is 0 Å². The molecule has 0 saturated carbocycles. The Labute approximate surface area is 117 Å². The monoisotopic (exact) mass is 252 g/mol. The van der Waals surface area contributed by atoms with E-state index in [0.29, 0.717) is 5.92 Å². The molecule has 0 fully saturated rings. The molecule has 0 N–H and O–H groups in total. The normalized spacial score (nSPS) is 11.1. The highest BCUT2D eigenvalue weighted by Gasteiger charge is 2.13. The van der Waals surface area contributed by atoms with E-state index in [1.807, 2.05) is 0 Å². The Morgan fingerprint density at radius 1 is 0.684 bits per heavy atom. The van der Waals surface area contributed by atoms with Crippen molar-refractivity contribution < 1.29 is 0 Å². The van der Waals surface area contributed by atoms with E-state index >= 15 is 0 Å². The van der Waals surface area contributed by atoms with E-state index in [1.54, 1.807) is 0 Å². The van der Waals surface area contributed by atoms with Crippen molar-refractivity contribution in [3.8, 4) is 0 Å². The minimum Gasteiger partial charge on any atom is -0.0645 e. The average Bonchev–Trinajstić information content (AvgIpc) is 2.39. The zero-order valence-corrected chi connectivity index (χ0v) is 12.7. The van der Waals surface area contributed by atoms with Gasteiger partial charge in [-0.1, -0.05) is 43.3 Å². The third-order valence-electron chi connectivity index (χ3n) is 4.27. The van der Waals surface area contributed by atoms with Crippen molar-refractivity contribution in [2.45, 2.75) is 47.0 Å². The number of benzene rings is 2. The lowest BCUT2D eigenvalue weighted by Gasteiger charge is -2.18. The van der Waals surface area contributed by atoms with Gasteiger partial charge in [-0.15, -0.1) is 0 Å². The first-order valence-electron chi connectivity index (χ1n) is 7.17. The number of rotatable bonds is 3. The summed E-state index contributed by atoms with van der Waals surface area (Å²) in [7, 11) is 0. The SMILES string of the molecule is CCC(c1ccc(C)c(C)c1)c1ccc(C)c(C)c1. The lowest BCUT2D eigenvalue weighted by Crippen LogP contribution is -2.01. The van der Waals surface area contributed by atoms with Gasteiger partial charge in [0.2, 0.25) is 0 Å². The molecule has 0 heterocycles. The molecule has 0 nitrogen and oxygen atoms in total. The van der Waals surface area contributed by atoms with Gasteiger partial charge in [0, 0.05) is 5.92 Å². The van der Waals surface area contributed by atoms with Crippen molar-refractivity contribution in [1.29, 1.82) is 0 Å². The summed E-state index contributed by atoms with van der Waals surface area (Å²) >= 11 is 0. The van der Waals surface area contributed by atoms with E-state index in [4.69, 9.17) is 0 Å². The van der Waals surface area contributed by atoms with Crippen LogP contribution in [0.5, 0.6) is 0 Å². The first kappa shape index (κ1) is 13.9. The Balaban J connectivity index is 2.43. The van der Waals surface area contributed by atoms with E-state index in [2.05, 4.69) is 71.0 Å². The van der Waals surface area contributed by atoms with Gasteiger partial charge in [-0.2, -0.15) is 0 Å². The van der Waals surface area contributed by atoms with Crippen molar-refractivity contribution in [2.75, 3.05) is 0 Å². The molecular formula is C19H24. The van der Waals surface area contributed by atoms with E-state index in [-0.39, 0.29) is 0 Å². The smallest absolute Gasteiger partial charge is 0.00869 e. The summed E-state index contributed by atoms with van der Waals surface area (Å²) in [5.41, 5.74) is 8.40. The van der Waals surface area contributed by atoms with E-state index < -0.39 is 0 Å². The highest BCUT2D eigenvalue weighted by Crippen LogP contribution is 2.30. The molecule has 0 aromatic heterocycles. The number of hydrogen-bond donors (Lipinski definition) is 0. The first-order valence-corrected chi connectivity index (χ1v) is 7.17. The topological polar surface area (TPSA) is 0 Å². The van der Waals surface area contributed by atoms with Crippen molar-refractivity contribution in [3.05, 3.63) is 69.8 Å². The summed E-state index contributed by atoms with van der Waals surface area (Å²) in [6.07, 6.45) is 1.14. The predicted octanol–water partition coefficient (Wildman–Crippen LogP) is 5.46. The van der Waals surface area contributed by atoms with Crippen LogP contribution in [0.4, 0.5) is 0 Å². The third kappa shape index (κ3) is 2.89. The van der Waals surface area contributed by atoms with Gasteiger partial charge in [0.1, 0.15) is 0 Å². The van der Waals surface area contributed by atoms with Crippen LogP contribution in [0, 0.1) is 27.7 Å². The lowest BCUT2D eigenvalue weighted by atomic mass is 9.86. The van der Waals surface area contributed by atoms with E-state index in [0.717, 1.165) is 6.42 Å². The molecule has 0 atom stereocenters. The second-order valence-electron chi connectivity index (χ2n) is 5.65. The second-order valence-corrected chi connectivity index (χ2v) is 5.65. The Kier molecular flexibility index (Phi) is 4.09. The van der Waals surface area contributed by atoms with Crippen molar-refractivity contribution in [2.24, 2.45) is 0 Å². The maximum Gasteiger partial charge on any atom is 0.00869 e.